The monoisotopic (exact) mass is 361 g/mol. The van der Waals surface area contributed by atoms with Gasteiger partial charge in [-0.05, 0) is 50.1 Å². The van der Waals surface area contributed by atoms with Gasteiger partial charge in [0.1, 0.15) is 0 Å². The highest BCUT2D eigenvalue weighted by atomic mass is 32.2. The minimum Gasteiger partial charge on any atom is -0.338 e. The van der Waals surface area contributed by atoms with Crippen molar-refractivity contribution in [1.29, 1.82) is 0 Å². The second-order valence-electron chi connectivity index (χ2n) is 7.10. The van der Waals surface area contributed by atoms with Crippen LogP contribution in [-0.4, -0.2) is 66.1 Å². The van der Waals surface area contributed by atoms with Gasteiger partial charge >= 0.3 is 6.03 Å². The van der Waals surface area contributed by atoms with Crippen LogP contribution in [0, 0.1) is 0 Å². The molecule has 2 fully saturated rings. The topological polar surface area (TPSA) is 35.6 Å². The fraction of sp³-hybridized carbons (Fsp3) is 0.650. The summed E-state index contributed by atoms with van der Waals surface area (Å²) in [4.78, 5) is 17.5. The van der Waals surface area contributed by atoms with Crippen LogP contribution in [0.3, 0.4) is 0 Å². The van der Waals surface area contributed by atoms with Gasteiger partial charge in [-0.3, -0.25) is 0 Å². The standard InChI is InChI=1S/C20H31N3OS/c24-20(21-11-10-18-8-3-1-4-9-18)23-14-7-15-25-17-19(23)16-22-12-5-2-6-13-22/h1,3-4,8-9,19H,2,5-7,10-17H2,(H,21,24). The SMILES string of the molecule is O=C(NCCc1ccccc1)N1CCCSCC1CN1CCCCC1. The van der Waals surface area contributed by atoms with E-state index in [0.717, 1.165) is 31.7 Å². The fourth-order valence-electron chi connectivity index (χ4n) is 3.75. The molecule has 2 aliphatic heterocycles. The van der Waals surface area contributed by atoms with Crippen LogP contribution >= 0.6 is 11.8 Å². The molecule has 0 saturated carbocycles. The molecule has 138 valence electrons. The molecule has 1 unspecified atom stereocenters. The molecule has 2 saturated heterocycles. The summed E-state index contributed by atoms with van der Waals surface area (Å²) in [5, 5.41) is 3.16. The Kier molecular flexibility index (Phi) is 7.49. The number of thioether (sulfide) groups is 1. The zero-order valence-electron chi connectivity index (χ0n) is 15.2. The van der Waals surface area contributed by atoms with Crippen LogP contribution in [0.1, 0.15) is 31.2 Å². The Morgan fingerprint density at radius 3 is 2.68 bits per heavy atom. The fourth-order valence-corrected chi connectivity index (χ4v) is 4.80. The molecule has 0 aromatic heterocycles. The maximum atomic E-state index is 12.8. The Hall–Kier alpha value is -1.20. The smallest absolute Gasteiger partial charge is 0.317 e. The lowest BCUT2D eigenvalue weighted by Crippen LogP contribution is -2.52. The van der Waals surface area contributed by atoms with Gasteiger partial charge in [0.25, 0.3) is 0 Å². The van der Waals surface area contributed by atoms with Gasteiger partial charge in [-0.2, -0.15) is 11.8 Å². The number of nitrogens with zero attached hydrogens (tertiary/aromatic N) is 2. The highest BCUT2D eigenvalue weighted by Crippen LogP contribution is 2.19. The van der Waals surface area contributed by atoms with Gasteiger partial charge in [0.15, 0.2) is 0 Å². The van der Waals surface area contributed by atoms with E-state index < -0.39 is 0 Å². The number of benzene rings is 1. The molecule has 5 heteroatoms. The summed E-state index contributed by atoms with van der Waals surface area (Å²) in [5.74, 6) is 2.24. The minimum absolute atomic E-state index is 0.125. The maximum Gasteiger partial charge on any atom is 0.317 e. The van der Waals surface area contributed by atoms with Crippen LogP contribution in [0.2, 0.25) is 0 Å². The lowest BCUT2D eigenvalue weighted by Gasteiger charge is -2.35. The lowest BCUT2D eigenvalue weighted by molar-refractivity contribution is 0.143. The van der Waals surface area contributed by atoms with Crippen molar-refractivity contribution in [1.82, 2.24) is 15.1 Å². The van der Waals surface area contributed by atoms with Gasteiger partial charge in [-0.1, -0.05) is 36.8 Å². The highest BCUT2D eigenvalue weighted by molar-refractivity contribution is 7.99. The molecule has 1 aromatic carbocycles. The summed E-state index contributed by atoms with van der Waals surface area (Å²) < 4.78 is 0. The Labute approximate surface area is 156 Å². The zero-order chi connectivity index (χ0) is 17.3. The van der Waals surface area contributed by atoms with Gasteiger partial charge in [-0.25, -0.2) is 4.79 Å². The van der Waals surface area contributed by atoms with Crippen molar-refractivity contribution >= 4 is 17.8 Å². The molecule has 3 rings (SSSR count). The zero-order valence-corrected chi connectivity index (χ0v) is 16.0. The number of carbonyl (C=O) groups excluding carboxylic acids is 1. The van der Waals surface area contributed by atoms with Crippen molar-refractivity contribution in [3.63, 3.8) is 0 Å². The lowest BCUT2D eigenvalue weighted by atomic mass is 10.1. The third-order valence-electron chi connectivity index (χ3n) is 5.15. The van der Waals surface area contributed by atoms with Gasteiger partial charge < -0.3 is 15.1 Å². The Balaban J connectivity index is 1.51. The predicted molar refractivity (Wildman–Crippen MR) is 106 cm³/mol. The average molecular weight is 362 g/mol. The quantitative estimate of drug-likeness (QED) is 0.875. The molecule has 2 aliphatic rings. The van der Waals surface area contributed by atoms with Crippen molar-refractivity contribution < 1.29 is 4.79 Å². The Morgan fingerprint density at radius 1 is 1.08 bits per heavy atom. The summed E-state index contributed by atoms with van der Waals surface area (Å²) in [7, 11) is 0. The maximum absolute atomic E-state index is 12.8. The summed E-state index contributed by atoms with van der Waals surface area (Å²) in [6.07, 6.45) is 5.98. The number of rotatable bonds is 5. The van der Waals surface area contributed by atoms with E-state index >= 15 is 0 Å². The van der Waals surface area contributed by atoms with E-state index in [-0.39, 0.29) is 6.03 Å². The second kappa shape index (κ2) is 10.1. The van der Waals surface area contributed by atoms with Crippen molar-refractivity contribution in [2.75, 3.05) is 44.2 Å². The largest absolute Gasteiger partial charge is 0.338 e. The molecular formula is C20H31N3OS. The van der Waals surface area contributed by atoms with E-state index in [4.69, 9.17) is 0 Å². The van der Waals surface area contributed by atoms with Crippen molar-refractivity contribution in [2.45, 2.75) is 38.1 Å². The molecule has 1 atom stereocenters. The number of hydrogen-bond donors (Lipinski definition) is 1. The number of carbonyl (C=O) groups is 1. The highest BCUT2D eigenvalue weighted by Gasteiger charge is 2.27. The summed E-state index contributed by atoms with van der Waals surface area (Å²) in [6.45, 7) is 5.04. The Morgan fingerprint density at radius 2 is 1.88 bits per heavy atom. The molecule has 0 radical (unpaired) electrons. The summed E-state index contributed by atoms with van der Waals surface area (Å²) in [6, 6.07) is 10.8. The molecule has 25 heavy (non-hydrogen) atoms. The van der Waals surface area contributed by atoms with Crippen LogP contribution in [0.25, 0.3) is 0 Å². The number of urea groups is 1. The average Bonchev–Trinajstić information content (AvgIpc) is 2.89. The van der Waals surface area contributed by atoms with Crippen molar-refractivity contribution in [3.05, 3.63) is 35.9 Å². The molecule has 2 heterocycles. The van der Waals surface area contributed by atoms with Crippen LogP contribution < -0.4 is 5.32 Å². The minimum atomic E-state index is 0.125. The first kappa shape index (κ1) is 18.6. The number of hydrogen-bond acceptors (Lipinski definition) is 3. The van der Waals surface area contributed by atoms with Crippen LogP contribution in [-0.2, 0) is 6.42 Å². The van der Waals surface area contributed by atoms with Crippen molar-refractivity contribution in [3.8, 4) is 0 Å². The number of likely N-dealkylation sites (tertiary alicyclic amines) is 1. The van der Waals surface area contributed by atoms with E-state index in [2.05, 4.69) is 39.4 Å². The normalized spacial score (nSPS) is 22.4. The number of piperidine rings is 1. The van der Waals surface area contributed by atoms with E-state index in [9.17, 15) is 4.79 Å². The van der Waals surface area contributed by atoms with Crippen LogP contribution in [0.15, 0.2) is 30.3 Å². The Bertz CT molecular complexity index is 519. The molecule has 4 nitrogen and oxygen atoms in total. The first-order chi connectivity index (χ1) is 12.3. The second-order valence-corrected chi connectivity index (χ2v) is 8.25. The van der Waals surface area contributed by atoms with E-state index in [1.165, 1.54) is 43.7 Å². The summed E-state index contributed by atoms with van der Waals surface area (Å²) in [5.41, 5.74) is 1.28. The molecule has 0 aliphatic carbocycles. The number of nitrogens with one attached hydrogen (secondary N) is 1. The van der Waals surface area contributed by atoms with Crippen LogP contribution in [0.4, 0.5) is 4.79 Å². The predicted octanol–water partition coefficient (Wildman–Crippen LogP) is 3.23. The molecule has 2 amide bonds. The first-order valence-electron chi connectivity index (χ1n) is 9.71. The van der Waals surface area contributed by atoms with E-state index in [1.807, 2.05) is 17.8 Å². The first-order valence-corrected chi connectivity index (χ1v) is 10.9. The van der Waals surface area contributed by atoms with Gasteiger partial charge in [0.2, 0.25) is 0 Å². The molecule has 1 aromatic rings. The summed E-state index contributed by atoms with van der Waals surface area (Å²) >= 11 is 2.01. The number of amides is 2. The molecule has 0 bridgehead atoms. The van der Waals surface area contributed by atoms with Crippen molar-refractivity contribution in [2.24, 2.45) is 0 Å². The van der Waals surface area contributed by atoms with Gasteiger partial charge in [-0.15, -0.1) is 0 Å². The molecule has 1 N–H and O–H groups in total. The third-order valence-corrected chi connectivity index (χ3v) is 6.35. The van der Waals surface area contributed by atoms with E-state index in [0.29, 0.717) is 12.6 Å². The van der Waals surface area contributed by atoms with Gasteiger partial charge in [0.05, 0.1) is 6.04 Å². The van der Waals surface area contributed by atoms with E-state index in [1.54, 1.807) is 0 Å². The van der Waals surface area contributed by atoms with Crippen LogP contribution in [0.5, 0.6) is 0 Å². The molecular weight excluding hydrogens is 330 g/mol. The molecule has 0 spiro atoms. The third kappa shape index (κ3) is 5.93. The van der Waals surface area contributed by atoms with Gasteiger partial charge in [0, 0.05) is 25.4 Å².